The van der Waals surface area contributed by atoms with Gasteiger partial charge in [0.25, 0.3) is 1.43 Å². The summed E-state index contributed by atoms with van der Waals surface area (Å²) in [4.78, 5) is 2.15. The van der Waals surface area contributed by atoms with Gasteiger partial charge in [-0.1, -0.05) is 25.0 Å². The third-order valence-corrected chi connectivity index (χ3v) is 3.92. The van der Waals surface area contributed by atoms with Crippen molar-refractivity contribution in [2.45, 2.75) is 31.3 Å². The summed E-state index contributed by atoms with van der Waals surface area (Å²) >= 11 is 0. The Morgan fingerprint density at radius 2 is 2.33 bits per heavy atom. The molecule has 1 aromatic rings. The minimum Gasteiger partial charge on any atom is -0.508 e. The number of phenolic OH excluding ortho intramolecular Hbond substituents is 1. The van der Waals surface area contributed by atoms with Gasteiger partial charge in [-0.15, -0.1) is 0 Å². The van der Waals surface area contributed by atoms with E-state index in [0.717, 1.165) is 31.4 Å². The number of rotatable bonds is 5. The predicted molar refractivity (Wildman–Crippen MR) is 72.5 cm³/mol. The maximum Gasteiger partial charge on any atom is 0.293 e. The third kappa shape index (κ3) is 2.68. The first-order chi connectivity index (χ1) is 9.62. The molecule has 0 radical (unpaired) electrons. The van der Waals surface area contributed by atoms with Crippen molar-refractivity contribution in [3.63, 3.8) is 0 Å². The molecular formula is C15H23NO2. The van der Waals surface area contributed by atoms with E-state index in [1.54, 1.807) is 6.07 Å². The van der Waals surface area contributed by atoms with Gasteiger partial charge in [-0.3, -0.25) is 0 Å². The third-order valence-electron chi connectivity index (χ3n) is 3.92. The molecule has 2 rings (SSSR count). The first-order valence-corrected chi connectivity index (χ1v) is 6.65. The first-order valence-electron chi connectivity index (χ1n) is 7.47. The monoisotopic (exact) mass is 251 g/mol. The summed E-state index contributed by atoms with van der Waals surface area (Å²) in [5.41, 5.74) is 0.362. The average Bonchev–Trinajstić information content (AvgIpc) is 2.47. The molecule has 0 amide bonds. The highest BCUT2D eigenvalue weighted by Gasteiger charge is 2.40. The number of hydrogen-bond donors (Lipinski definition) is 2. The highest BCUT2D eigenvalue weighted by molar-refractivity contribution is 5.32. The standard InChI is InChI=1S/C15H23NO2/c1-16(2)11-13-6-3-4-9-15(13,18)12-7-5-8-14(17)10-12/h5,7-8,10,13,17-18H,3-4,6,9,11H2,1-2H3/t13-,15+/m0/s1/i18D/hD. The van der Waals surface area contributed by atoms with E-state index in [2.05, 4.69) is 10.0 Å². The minimum absolute atomic E-state index is 0.282. The normalized spacial score (nSPS) is 29.8. The van der Waals surface area contributed by atoms with Crippen molar-refractivity contribution >= 4 is 0 Å². The molecule has 1 aromatic carbocycles. The topological polar surface area (TPSA) is 43.7 Å². The second-order valence-corrected chi connectivity index (χ2v) is 5.62. The molecule has 0 bridgehead atoms. The van der Waals surface area contributed by atoms with E-state index in [1.807, 2.05) is 32.3 Å². The van der Waals surface area contributed by atoms with Gasteiger partial charge >= 0.3 is 0 Å². The molecule has 1 saturated carbocycles. The van der Waals surface area contributed by atoms with Gasteiger partial charge in [0.15, 0.2) is 0 Å². The highest BCUT2D eigenvalue weighted by atomic mass is 16.3. The van der Waals surface area contributed by atoms with Crippen molar-refractivity contribution in [1.82, 2.24) is 4.90 Å². The Morgan fingerprint density at radius 1 is 1.44 bits per heavy atom. The lowest BCUT2D eigenvalue weighted by Crippen LogP contribution is -2.43. The summed E-state index contributed by atoms with van der Waals surface area (Å²) in [6, 6.07) is 7.42. The van der Waals surface area contributed by atoms with Gasteiger partial charge in [-0.05, 0) is 44.6 Å². The number of phenols is 1. The van der Waals surface area contributed by atoms with Crippen LogP contribution in [-0.4, -0.2) is 38.6 Å². The molecule has 2 atom stereocenters. The zero-order chi connectivity index (χ0) is 14.6. The summed E-state index contributed by atoms with van der Waals surface area (Å²) < 4.78 is 14.7. The number of benzene rings is 1. The van der Waals surface area contributed by atoms with E-state index < -0.39 is 5.60 Å². The summed E-state index contributed by atoms with van der Waals surface area (Å²) in [7, 11) is 4.10. The largest absolute Gasteiger partial charge is 0.508 e. The van der Waals surface area contributed by atoms with Crippen LogP contribution in [0.25, 0.3) is 0 Å². The van der Waals surface area contributed by atoms with Crippen molar-refractivity contribution in [2.24, 2.45) is 5.92 Å². The first kappa shape index (κ1) is 10.8. The minimum atomic E-state index is -0.586. The summed E-state index contributed by atoms with van der Waals surface area (Å²) in [5.74, 6) is 0.776. The van der Waals surface area contributed by atoms with Crippen LogP contribution in [0.5, 0.6) is 5.75 Å². The van der Waals surface area contributed by atoms with E-state index >= 15 is 0 Å². The van der Waals surface area contributed by atoms with Crippen LogP contribution in [0.2, 0.25) is 0 Å². The Balaban J connectivity index is 2.37. The van der Waals surface area contributed by atoms with Crippen LogP contribution in [0.3, 0.4) is 0 Å². The Kier molecular flexibility index (Phi) is 3.18. The summed E-state index contributed by atoms with van der Waals surface area (Å²) in [5, 5.41) is 9.86. The van der Waals surface area contributed by atoms with Crippen LogP contribution in [-0.2, 0) is 5.60 Å². The average molecular weight is 251 g/mol. The van der Waals surface area contributed by atoms with E-state index in [4.69, 9.17) is 7.97 Å². The molecule has 0 spiro atoms. The maximum atomic E-state index is 7.68. The molecule has 0 heterocycles. The molecule has 100 valence electrons. The number of hydrogen-bond acceptors (Lipinski definition) is 3. The van der Waals surface area contributed by atoms with Crippen LogP contribution >= 0.6 is 0 Å². The van der Waals surface area contributed by atoms with Crippen molar-refractivity contribution < 1.29 is 10.2 Å². The van der Waals surface area contributed by atoms with Gasteiger partial charge in [0.2, 0.25) is 1.43 Å². The Hall–Kier alpha value is -1.06. The van der Waals surface area contributed by atoms with E-state index in [1.165, 1.54) is 6.42 Å². The lowest BCUT2D eigenvalue weighted by Gasteiger charge is -2.41. The number of aliphatic hydroxyl groups is 1. The van der Waals surface area contributed by atoms with E-state index in [0.29, 0.717) is 5.75 Å². The lowest BCUT2D eigenvalue weighted by atomic mass is 9.71. The molecule has 1 aliphatic carbocycles. The fourth-order valence-corrected chi connectivity index (χ4v) is 3.03. The molecule has 1 aliphatic rings. The molecule has 18 heavy (non-hydrogen) atoms. The zero-order valence-corrected chi connectivity index (χ0v) is 11.2. The van der Waals surface area contributed by atoms with Crippen molar-refractivity contribution in [3.05, 3.63) is 29.8 Å². The Bertz CT molecular complexity index is 442. The lowest BCUT2D eigenvalue weighted by molar-refractivity contribution is -0.0619. The van der Waals surface area contributed by atoms with Crippen molar-refractivity contribution in [2.75, 3.05) is 20.6 Å². The maximum absolute atomic E-state index is 7.68. The van der Waals surface area contributed by atoms with Crippen LogP contribution in [0, 0.1) is 5.92 Å². The van der Waals surface area contributed by atoms with E-state index in [9.17, 15) is 0 Å². The second-order valence-electron chi connectivity index (χ2n) is 5.62. The van der Waals surface area contributed by atoms with E-state index in [-0.39, 0.29) is 5.92 Å². The van der Waals surface area contributed by atoms with Crippen molar-refractivity contribution in [1.29, 1.82) is 2.86 Å². The quantitative estimate of drug-likeness (QED) is 0.844. The molecule has 3 nitrogen and oxygen atoms in total. The molecular weight excluding hydrogens is 226 g/mol. The van der Waals surface area contributed by atoms with Gasteiger partial charge in [0.05, 0.1) is 5.60 Å². The highest BCUT2D eigenvalue weighted by Crippen LogP contribution is 2.42. The molecule has 0 saturated heterocycles. The SMILES string of the molecule is [2H]Oc1cccc([C@]2(O[2H])CCCC[C@H]2CN(C)C)c1. The number of nitrogens with zero attached hydrogens (tertiary/aromatic N) is 1. The van der Waals surface area contributed by atoms with Gasteiger partial charge in [-0.2, -0.15) is 0 Å². The van der Waals surface area contributed by atoms with Crippen LogP contribution in [0.4, 0.5) is 0 Å². The van der Waals surface area contributed by atoms with Gasteiger partial charge in [0.1, 0.15) is 5.75 Å². The van der Waals surface area contributed by atoms with Gasteiger partial charge < -0.3 is 15.1 Å². The fraction of sp³-hybridized carbons (Fsp3) is 0.600. The molecule has 2 N–H and O–H groups in total. The molecule has 0 aliphatic heterocycles. The molecule has 0 unspecified atom stereocenters. The number of aromatic hydroxyl groups is 1. The molecule has 3 heteroatoms. The Labute approximate surface area is 112 Å². The summed E-state index contributed by atoms with van der Waals surface area (Å²) in [6.07, 6.45) is 4.15. The van der Waals surface area contributed by atoms with Crippen LogP contribution in [0.1, 0.15) is 31.2 Å². The van der Waals surface area contributed by atoms with Crippen molar-refractivity contribution in [3.8, 4) is 5.75 Å². The summed E-state index contributed by atoms with van der Waals surface area (Å²) in [6.45, 7) is 0.894. The molecule has 1 fully saturated rings. The van der Waals surface area contributed by atoms with Gasteiger partial charge in [0, 0.05) is 12.5 Å². The predicted octanol–water partition coefficient (Wildman–Crippen LogP) is 2.33. The second kappa shape index (κ2) is 5.29. The smallest absolute Gasteiger partial charge is 0.293 e. The zero-order valence-electron chi connectivity index (χ0n) is 13.2. The van der Waals surface area contributed by atoms with Gasteiger partial charge in [-0.25, -0.2) is 0 Å². The Morgan fingerprint density at radius 3 is 3.06 bits per heavy atom. The fourth-order valence-electron chi connectivity index (χ4n) is 3.03. The molecule has 0 aromatic heterocycles. The van der Waals surface area contributed by atoms with Crippen LogP contribution < -0.4 is 0 Å². The van der Waals surface area contributed by atoms with Crippen LogP contribution in [0.15, 0.2) is 24.3 Å².